The normalized spacial score (nSPS) is 19.1. The van der Waals surface area contributed by atoms with Crippen molar-refractivity contribution < 1.29 is 4.79 Å². The number of hydrogen-bond donors (Lipinski definition) is 0. The van der Waals surface area contributed by atoms with Crippen LogP contribution in [0.25, 0.3) is 0 Å². The maximum Gasteiger partial charge on any atom is 0.222 e. The van der Waals surface area contributed by atoms with E-state index in [0.717, 1.165) is 32.7 Å². The molecule has 0 radical (unpaired) electrons. The fourth-order valence-electron chi connectivity index (χ4n) is 2.09. The van der Waals surface area contributed by atoms with E-state index in [2.05, 4.69) is 24.8 Å². The Bertz CT molecular complexity index is 288. The highest BCUT2D eigenvalue weighted by molar-refractivity contribution is 5.76. The molecule has 1 fully saturated rings. The minimum Gasteiger partial charge on any atom is -0.340 e. The summed E-state index contributed by atoms with van der Waals surface area (Å²) in [5, 5.41) is 8.76. The average Bonchev–Trinajstić information content (AvgIpc) is 2.28. The average molecular weight is 237 g/mol. The van der Waals surface area contributed by atoms with Crippen molar-refractivity contribution in [3.63, 3.8) is 0 Å². The van der Waals surface area contributed by atoms with E-state index >= 15 is 0 Å². The van der Waals surface area contributed by atoms with Gasteiger partial charge in [0.15, 0.2) is 0 Å². The summed E-state index contributed by atoms with van der Waals surface area (Å²) in [6.07, 6.45) is 0.647. The lowest BCUT2D eigenvalue weighted by molar-refractivity contribution is -0.133. The number of amides is 1. The summed E-state index contributed by atoms with van der Waals surface area (Å²) in [5.74, 6) is 0.778. The highest BCUT2D eigenvalue weighted by Crippen LogP contribution is 2.09. The molecule has 4 heteroatoms. The van der Waals surface area contributed by atoms with Crippen LogP contribution in [-0.2, 0) is 4.79 Å². The van der Waals surface area contributed by atoms with Crippen LogP contribution in [0.3, 0.4) is 0 Å². The molecule has 96 valence electrons. The van der Waals surface area contributed by atoms with Crippen LogP contribution in [0.1, 0.15) is 27.2 Å². The maximum absolute atomic E-state index is 11.8. The first kappa shape index (κ1) is 14.0. The van der Waals surface area contributed by atoms with Gasteiger partial charge in [0.1, 0.15) is 0 Å². The van der Waals surface area contributed by atoms with Crippen LogP contribution in [0.4, 0.5) is 0 Å². The number of carbonyl (C=O) groups excluding carboxylic acids is 1. The Morgan fingerprint density at radius 2 is 1.82 bits per heavy atom. The van der Waals surface area contributed by atoms with Crippen molar-refractivity contribution in [2.24, 2.45) is 11.8 Å². The molecule has 0 spiro atoms. The van der Waals surface area contributed by atoms with E-state index in [1.165, 1.54) is 0 Å². The summed E-state index contributed by atoms with van der Waals surface area (Å²) >= 11 is 0. The molecule has 1 unspecified atom stereocenters. The zero-order valence-corrected chi connectivity index (χ0v) is 11.1. The maximum atomic E-state index is 11.8. The van der Waals surface area contributed by atoms with Gasteiger partial charge in [-0.25, -0.2) is 0 Å². The van der Waals surface area contributed by atoms with Crippen molar-refractivity contribution in [1.29, 1.82) is 5.26 Å². The second-order valence-corrected chi connectivity index (χ2v) is 5.31. The minimum absolute atomic E-state index is 0.0768. The number of nitrogens with zero attached hydrogens (tertiary/aromatic N) is 3. The van der Waals surface area contributed by atoms with Crippen LogP contribution in [-0.4, -0.2) is 48.4 Å². The molecule has 1 heterocycles. The first-order valence-electron chi connectivity index (χ1n) is 6.42. The molecule has 0 bridgehead atoms. The van der Waals surface area contributed by atoms with E-state index in [4.69, 9.17) is 5.26 Å². The number of nitriles is 1. The molecule has 4 nitrogen and oxygen atoms in total. The van der Waals surface area contributed by atoms with Gasteiger partial charge in [-0.15, -0.1) is 0 Å². The Morgan fingerprint density at radius 3 is 2.29 bits per heavy atom. The number of piperazine rings is 1. The molecular weight excluding hydrogens is 214 g/mol. The van der Waals surface area contributed by atoms with Crippen LogP contribution >= 0.6 is 0 Å². The summed E-state index contributed by atoms with van der Waals surface area (Å²) in [6.45, 7) is 10.3. The molecule has 1 aliphatic heterocycles. The topological polar surface area (TPSA) is 47.3 Å². The fraction of sp³-hybridized carbons (Fsp3) is 0.846. The molecule has 0 aromatic rings. The summed E-state index contributed by atoms with van der Waals surface area (Å²) in [6, 6.07) is 2.25. The zero-order valence-electron chi connectivity index (χ0n) is 11.1. The highest BCUT2D eigenvalue weighted by Gasteiger charge is 2.22. The van der Waals surface area contributed by atoms with Crippen LogP contribution in [0.5, 0.6) is 0 Å². The Hall–Kier alpha value is -1.08. The van der Waals surface area contributed by atoms with Crippen LogP contribution < -0.4 is 0 Å². The SMILES string of the molecule is CC(C)CC(=O)N1CCN(CC(C)C#N)CC1. The molecule has 0 saturated carbocycles. The molecule has 1 aliphatic rings. The lowest BCUT2D eigenvalue weighted by Gasteiger charge is -2.35. The molecule has 1 atom stereocenters. The molecule has 1 amide bonds. The summed E-state index contributed by atoms with van der Waals surface area (Å²) in [7, 11) is 0. The highest BCUT2D eigenvalue weighted by atomic mass is 16.2. The summed E-state index contributed by atoms with van der Waals surface area (Å²) in [5.41, 5.74) is 0. The molecule has 0 aliphatic carbocycles. The number of carbonyl (C=O) groups is 1. The van der Waals surface area contributed by atoms with Gasteiger partial charge >= 0.3 is 0 Å². The zero-order chi connectivity index (χ0) is 12.8. The van der Waals surface area contributed by atoms with Gasteiger partial charge in [-0.1, -0.05) is 13.8 Å². The first-order chi connectivity index (χ1) is 8.02. The Labute approximate surface area is 104 Å². The largest absolute Gasteiger partial charge is 0.340 e. The van der Waals surface area contributed by atoms with Crippen molar-refractivity contribution in [2.75, 3.05) is 32.7 Å². The molecule has 0 aromatic heterocycles. The monoisotopic (exact) mass is 237 g/mol. The van der Waals surface area contributed by atoms with E-state index in [1.807, 2.05) is 11.8 Å². The molecule has 17 heavy (non-hydrogen) atoms. The molecule has 1 saturated heterocycles. The lowest BCUT2D eigenvalue weighted by atomic mass is 10.1. The van der Waals surface area contributed by atoms with Crippen molar-refractivity contribution in [2.45, 2.75) is 27.2 Å². The van der Waals surface area contributed by atoms with E-state index in [0.29, 0.717) is 12.3 Å². The van der Waals surface area contributed by atoms with Gasteiger partial charge in [0.2, 0.25) is 5.91 Å². The predicted molar refractivity (Wildman–Crippen MR) is 67.3 cm³/mol. The van der Waals surface area contributed by atoms with Gasteiger partial charge in [0.25, 0.3) is 0 Å². The fourth-order valence-corrected chi connectivity index (χ4v) is 2.09. The van der Waals surface area contributed by atoms with Crippen LogP contribution in [0.15, 0.2) is 0 Å². The smallest absolute Gasteiger partial charge is 0.222 e. The van der Waals surface area contributed by atoms with Gasteiger partial charge in [-0.3, -0.25) is 9.69 Å². The molecule has 0 aromatic carbocycles. The second-order valence-electron chi connectivity index (χ2n) is 5.31. The van der Waals surface area contributed by atoms with Gasteiger partial charge in [-0.05, 0) is 12.8 Å². The second kappa shape index (κ2) is 6.61. The van der Waals surface area contributed by atoms with Crippen LogP contribution in [0.2, 0.25) is 0 Å². The van der Waals surface area contributed by atoms with Crippen molar-refractivity contribution in [1.82, 2.24) is 9.80 Å². The van der Waals surface area contributed by atoms with Crippen molar-refractivity contribution in [3.8, 4) is 6.07 Å². The Balaban J connectivity index is 2.31. The third-order valence-electron chi connectivity index (χ3n) is 3.06. The summed E-state index contributed by atoms with van der Waals surface area (Å²) in [4.78, 5) is 16.1. The Kier molecular flexibility index (Phi) is 5.43. The van der Waals surface area contributed by atoms with Crippen molar-refractivity contribution in [3.05, 3.63) is 0 Å². The molecular formula is C13H23N3O. The number of rotatable bonds is 4. The predicted octanol–water partition coefficient (Wildman–Crippen LogP) is 1.34. The van der Waals surface area contributed by atoms with Crippen LogP contribution in [0, 0.1) is 23.2 Å². The van der Waals surface area contributed by atoms with E-state index in [-0.39, 0.29) is 11.8 Å². The van der Waals surface area contributed by atoms with E-state index < -0.39 is 0 Å². The quantitative estimate of drug-likeness (QED) is 0.741. The Morgan fingerprint density at radius 1 is 1.24 bits per heavy atom. The standard InChI is InChI=1S/C13H23N3O/c1-11(2)8-13(17)16-6-4-15(5-7-16)10-12(3)9-14/h11-12H,4-8,10H2,1-3H3. The van der Waals surface area contributed by atoms with Gasteiger partial charge < -0.3 is 4.90 Å². The number of hydrogen-bond acceptors (Lipinski definition) is 3. The third kappa shape index (κ3) is 4.74. The first-order valence-corrected chi connectivity index (χ1v) is 6.42. The van der Waals surface area contributed by atoms with Gasteiger partial charge in [0, 0.05) is 39.1 Å². The molecule has 1 rings (SSSR count). The third-order valence-corrected chi connectivity index (χ3v) is 3.06. The molecule has 0 N–H and O–H groups in total. The van der Waals surface area contributed by atoms with Crippen molar-refractivity contribution >= 4 is 5.91 Å². The summed E-state index contributed by atoms with van der Waals surface area (Å²) < 4.78 is 0. The van der Waals surface area contributed by atoms with E-state index in [1.54, 1.807) is 0 Å². The van der Waals surface area contributed by atoms with Gasteiger partial charge in [0.05, 0.1) is 12.0 Å². The lowest BCUT2D eigenvalue weighted by Crippen LogP contribution is -2.49. The van der Waals surface area contributed by atoms with E-state index in [9.17, 15) is 4.79 Å². The van der Waals surface area contributed by atoms with Gasteiger partial charge in [-0.2, -0.15) is 5.26 Å². The minimum atomic E-state index is 0.0768.